The SMILES string of the molecule is CCCc1ccc(C(=O)c2cc(C)ccc2OC)cc1. The van der Waals surface area contributed by atoms with Crippen molar-refractivity contribution < 1.29 is 9.53 Å². The minimum atomic E-state index is 0.00796. The first-order valence-corrected chi connectivity index (χ1v) is 6.94. The highest BCUT2D eigenvalue weighted by Gasteiger charge is 2.14. The summed E-state index contributed by atoms with van der Waals surface area (Å²) < 4.78 is 5.28. The van der Waals surface area contributed by atoms with Crippen LogP contribution in [0.25, 0.3) is 0 Å². The van der Waals surface area contributed by atoms with Crippen molar-refractivity contribution in [3.8, 4) is 5.75 Å². The highest BCUT2D eigenvalue weighted by Crippen LogP contribution is 2.23. The fourth-order valence-electron chi connectivity index (χ4n) is 2.27. The highest BCUT2D eigenvalue weighted by molar-refractivity contribution is 6.10. The minimum Gasteiger partial charge on any atom is -0.496 e. The van der Waals surface area contributed by atoms with Crippen LogP contribution in [0, 0.1) is 6.92 Å². The van der Waals surface area contributed by atoms with Crippen LogP contribution in [0.1, 0.15) is 40.4 Å². The maximum absolute atomic E-state index is 12.6. The van der Waals surface area contributed by atoms with E-state index in [0.29, 0.717) is 16.9 Å². The summed E-state index contributed by atoms with van der Waals surface area (Å²) in [5, 5.41) is 0. The van der Waals surface area contributed by atoms with Crippen LogP contribution in [0.5, 0.6) is 5.75 Å². The summed E-state index contributed by atoms with van der Waals surface area (Å²) in [6.07, 6.45) is 2.15. The van der Waals surface area contributed by atoms with E-state index in [1.807, 2.05) is 49.4 Å². The topological polar surface area (TPSA) is 26.3 Å². The van der Waals surface area contributed by atoms with Gasteiger partial charge in [0.2, 0.25) is 0 Å². The Kier molecular flexibility index (Phi) is 4.57. The molecule has 0 saturated carbocycles. The van der Waals surface area contributed by atoms with Gasteiger partial charge in [-0.05, 0) is 31.0 Å². The lowest BCUT2D eigenvalue weighted by Gasteiger charge is -2.09. The average Bonchev–Trinajstić information content (AvgIpc) is 2.47. The van der Waals surface area contributed by atoms with Gasteiger partial charge < -0.3 is 4.74 Å². The van der Waals surface area contributed by atoms with Crippen molar-refractivity contribution in [2.45, 2.75) is 26.7 Å². The molecule has 2 rings (SSSR count). The summed E-state index contributed by atoms with van der Waals surface area (Å²) in [5.74, 6) is 0.631. The Morgan fingerprint density at radius 2 is 1.80 bits per heavy atom. The maximum Gasteiger partial charge on any atom is 0.196 e. The molecule has 2 heteroatoms. The van der Waals surface area contributed by atoms with E-state index in [-0.39, 0.29) is 5.78 Å². The molecule has 0 atom stereocenters. The van der Waals surface area contributed by atoms with E-state index in [2.05, 4.69) is 6.92 Å². The molecule has 0 aliphatic carbocycles. The van der Waals surface area contributed by atoms with E-state index in [1.54, 1.807) is 7.11 Å². The van der Waals surface area contributed by atoms with Crippen LogP contribution < -0.4 is 4.74 Å². The number of methoxy groups -OCH3 is 1. The molecule has 0 unspecified atom stereocenters. The molecule has 0 aliphatic heterocycles. The van der Waals surface area contributed by atoms with Gasteiger partial charge in [0.05, 0.1) is 12.7 Å². The number of ether oxygens (including phenoxy) is 1. The van der Waals surface area contributed by atoms with Crippen LogP contribution in [0.4, 0.5) is 0 Å². The summed E-state index contributed by atoms with van der Waals surface area (Å²) in [5.41, 5.74) is 3.64. The Bertz CT molecular complexity index is 597. The molecular formula is C18H20O2. The average molecular weight is 268 g/mol. The third kappa shape index (κ3) is 3.08. The van der Waals surface area contributed by atoms with Crippen LogP contribution in [-0.2, 0) is 6.42 Å². The largest absolute Gasteiger partial charge is 0.496 e. The normalized spacial score (nSPS) is 10.3. The second-order valence-corrected chi connectivity index (χ2v) is 4.98. The quantitative estimate of drug-likeness (QED) is 0.760. The number of hydrogen-bond acceptors (Lipinski definition) is 2. The fraction of sp³-hybridized carbons (Fsp3) is 0.278. The molecule has 0 spiro atoms. The molecule has 0 saturated heterocycles. The van der Waals surface area contributed by atoms with Gasteiger partial charge in [0.15, 0.2) is 5.78 Å². The molecule has 2 aromatic rings. The molecule has 0 bridgehead atoms. The van der Waals surface area contributed by atoms with Gasteiger partial charge in [0, 0.05) is 5.56 Å². The van der Waals surface area contributed by atoms with Gasteiger partial charge in [-0.1, -0.05) is 49.2 Å². The lowest BCUT2D eigenvalue weighted by atomic mass is 9.99. The Labute approximate surface area is 120 Å². The molecular weight excluding hydrogens is 248 g/mol. The first-order chi connectivity index (χ1) is 9.65. The maximum atomic E-state index is 12.6. The molecule has 0 amide bonds. The van der Waals surface area contributed by atoms with E-state index in [1.165, 1.54) is 5.56 Å². The minimum absolute atomic E-state index is 0.00796. The summed E-state index contributed by atoms with van der Waals surface area (Å²) in [7, 11) is 1.59. The van der Waals surface area contributed by atoms with Crippen LogP contribution in [0.2, 0.25) is 0 Å². The third-order valence-corrected chi connectivity index (χ3v) is 3.35. The van der Waals surface area contributed by atoms with E-state index in [4.69, 9.17) is 4.74 Å². The lowest BCUT2D eigenvalue weighted by molar-refractivity contribution is 0.103. The molecule has 20 heavy (non-hydrogen) atoms. The molecule has 0 heterocycles. The van der Waals surface area contributed by atoms with Crippen molar-refractivity contribution in [2.75, 3.05) is 7.11 Å². The number of benzene rings is 2. The van der Waals surface area contributed by atoms with E-state index < -0.39 is 0 Å². The van der Waals surface area contributed by atoms with E-state index in [0.717, 1.165) is 18.4 Å². The first-order valence-electron chi connectivity index (χ1n) is 6.94. The van der Waals surface area contributed by atoms with Gasteiger partial charge >= 0.3 is 0 Å². The van der Waals surface area contributed by atoms with Gasteiger partial charge in [-0.15, -0.1) is 0 Å². The predicted octanol–water partition coefficient (Wildman–Crippen LogP) is 4.19. The molecule has 2 nitrogen and oxygen atoms in total. The van der Waals surface area contributed by atoms with E-state index in [9.17, 15) is 4.79 Å². The smallest absolute Gasteiger partial charge is 0.196 e. The van der Waals surface area contributed by atoms with Crippen LogP contribution in [0.15, 0.2) is 42.5 Å². The van der Waals surface area contributed by atoms with Gasteiger partial charge in [-0.3, -0.25) is 4.79 Å². The van der Waals surface area contributed by atoms with Gasteiger partial charge in [0.1, 0.15) is 5.75 Å². The Morgan fingerprint density at radius 3 is 2.40 bits per heavy atom. The van der Waals surface area contributed by atoms with Gasteiger partial charge in [-0.2, -0.15) is 0 Å². The zero-order chi connectivity index (χ0) is 14.5. The molecule has 0 N–H and O–H groups in total. The van der Waals surface area contributed by atoms with Crippen LogP contribution in [0.3, 0.4) is 0 Å². The Morgan fingerprint density at radius 1 is 1.10 bits per heavy atom. The van der Waals surface area contributed by atoms with Gasteiger partial charge in [-0.25, -0.2) is 0 Å². The summed E-state index contributed by atoms with van der Waals surface area (Å²) in [6, 6.07) is 13.5. The standard InChI is InChI=1S/C18H20O2/c1-4-5-14-7-9-15(10-8-14)18(19)16-12-13(2)6-11-17(16)20-3/h6-12H,4-5H2,1-3H3. The van der Waals surface area contributed by atoms with Crippen molar-refractivity contribution in [1.82, 2.24) is 0 Å². The molecule has 0 radical (unpaired) electrons. The summed E-state index contributed by atoms with van der Waals surface area (Å²) >= 11 is 0. The molecule has 0 aromatic heterocycles. The first kappa shape index (κ1) is 14.3. The highest BCUT2D eigenvalue weighted by atomic mass is 16.5. The van der Waals surface area contributed by atoms with Crippen LogP contribution in [-0.4, -0.2) is 12.9 Å². The van der Waals surface area contributed by atoms with Crippen molar-refractivity contribution >= 4 is 5.78 Å². The molecule has 0 fully saturated rings. The monoisotopic (exact) mass is 268 g/mol. The number of rotatable bonds is 5. The van der Waals surface area contributed by atoms with Crippen molar-refractivity contribution in [3.05, 3.63) is 64.7 Å². The number of ketones is 1. The lowest BCUT2D eigenvalue weighted by Crippen LogP contribution is -2.04. The molecule has 0 aliphatic rings. The van der Waals surface area contributed by atoms with Crippen molar-refractivity contribution in [2.24, 2.45) is 0 Å². The molecule has 2 aromatic carbocycles. The summed E-state index contributed by atoms with van der Waals surface area (Å²) in [4.78, 5) is 12.6. The van der Waals surface area contributed by atoms with Crippen molar-refractivity contribution in [3.63, 3.8) is 0 Å². The second-order valence-electron chi connectivity index (χ2n) is 4.98. The predicted molar refractivity (Wildman–Crippen MR) is 81.6 cm³/mol. The van der Waals surface area contributed by atoms with Crippen LogP contribution >= 0.6 is 0 Å². The second kappa shape index (κ2) is 6.38. The number of carbonyl (C=O) groups is 1. The Hall–Kier alpha value is -2.09. The number of carbonyl (C=O) groups excluding carboxylic acids is 1. The van der Waals surface area contributed by atoms with Crippen molar-refractivity contribution in [1.29, 1.82) is 0 Å². The molecule has 104 valence electrons. The third-order valence-electron chi connectivity index (χ3n) is 3.35. The zero-order valence-electron chi connectivity index (χ0n) is 12.3. The van der Waals surface area contributed by atoms with Gasteiger partial charge in [0.25, 0.3) is 0 Å². The number of aryl methyl sites for hydroxylation is 2. The van der Waals surface area contributed by atoms with E-state index >= 15 is 0 Å². The fourth-order valence-corrected chi connectivity index (χ4v) is 2.27. The Balaban J connectivity index is 2.33. The summed E-state index contributed by atoms with van der Waals surface area (Å²) in [6.45, 7) is 4.12. The number of hydrogen-bond donors (Lipinski definition) is 0. The zero-order valence-corrected chi connectivity index (χ0v) is 12.3.